The molecule has 0 atom stereocenters. The molecule has 0 aliphatic carbocycles. The van der Waals surface area contributed by atoms with Gasteiger partial charge in [-0.1, -0.05) is 12.2 Å². The minimum absolute atomic E-state index is 0.767. The second-order valence-corrected chi connectivity index (χ2v) is 3.34. The summed E-state index contributed by atoms with van der Waals surface area (Å²) in [6.45, 7) is 2.86. The van der Waals surface area contributed by atoms with Crippen molar-refractivity contribution in [2.45, 2.75) is 13.5 Å². The summed E-state index contributed by atoms with van der Waals surface area (Å²) in [5.74, 6) is 0.790. The summed E-state index contributed by atoms with van der Waals surface area (Å²) < 4.78 is 2.66. The van der Waals surface area contributed by atoms with Crippen molar-refractivity contribution in [3.05, 3.63) is 16.4 Å². The van der Waals surface area contributed by atoms with Crippen LogP contribution in [0.5, 0.6) is 0 Å². The number of H-pyrrole nitrogens is 1. The van der Waals surface area contributed by atoms with Crippen LogP contribution in [0.25, 0.3) is 0 Å². The molecule has 0 spiro atoms. The Bertz CT molecular complexity index is 416. The van der Waals surface area contributed by atoms with E-state index in [1.165, 1.54) is 0 Å². The first kappa shape index (κ1) is 9.22. The molecule has 2 heterocycles. The Balaban J connectivity index is 2.42. The Kier molecular flexibility index (Phi) is 2.26. The molecule has 0 bridgehead atoms. The molecular formula is C7H12N6S. The Labute approximate surface area is 86.5 Å². The number of nitrogens with one attached hydrogen (secondary N) is 3. The highest BCUT2D eigenvalue weighted by molar-refractivity contribution is 7.71. The lowest BCUT2D eigenvalue weighted by Gasteiger charge is -2.09. The number of amidine groups is 1. The highest BCUT2D eigenvalue weighted by atomic mass is 32.1. The van der Waals surface area contributed by atoms with E-state index in [9.17, 15) is 0 Å². The van der Waals surface area contributed by atoms with Gasteiger partial charge >= 0.3 is 0 Å². The van der Waals surface area contributed by atoms with Crippen LogP contribution in [0.4, 0.5) is 0 Å². The van der Waals surface area contributed by atoms with Crippen LogP contribution in [0.15, 0.2) is 11.3 Å². The van der Waals surface area contributed by atoms with Crippen molar-refractivity contribution in [1.82, 2.24) is 25.9 Å². The van der Waals surface area contributed by atoms with E-state index >= 15 is 0 Å². The zero-order chi connectivity index (χ0) is 10.1. The second-order valence-electron chi connectivity index (χ2n) is 2.95. The number of aryl methyl sites for hydroxylation is 1. The van der Waals surface area contributed by atoms with E-state index in [4.69, 9.17) is 12.2 Å². The lowest BCUT2D eigenvalue weighted by atomic mass is 10.3. The van der Waals surface area contributed by atoms with E-state index in [2.05, 4.69) is 21.3 Å². The first-order chi connectivity index (χ1) is 6.74. The molecule has 1 aliphatic rings. The van der Waals surface area contributed by atoms with Crippen molar-refractivity contribution >= 4 is 18.1 Å². The Hall–Kier alpha value is -1.34. The lowest BCUT2D eigenvalue weighted by molar-refractivity contribution is 0.349. The molecule has 1 aromatic heterocycles. The van der Waals surface area contributed by atoms with Gasteiger partial charge < -0.3 is 5.10 Å². The van der Waals surface area contributed by atoms with E-state index in [0.717, 1.165) is 22.6 Å². The minimum Gasteiger partial charge on any atom is -0.304 e. The fourth-order valence-corrected chi connectivity index (χ4v) is 1.66. The van der Waals surface area contributed by atoms with Gasteiger partial charge in [0, 0.05) is 19.8 Å². The molecule has 76 valence electrons. The topological polar surface area (TPSA) is 60.4 Å². The Morgan fingerprint density at radius 1 is 1.57 bits per heavy atom. The quantitative estimate of drug-likeness (QED) is 0.612. The third-order valence-corrected chi connectivity index (χ3v) is 2.53. The highest BCUT2D eigenvalue weighted by Crippen LogP contribution is 2.07. The van der Waals surface area contributed by atoms with Crippen molar-refractivity contribution < 1.29 is 0 Å². The van der Waals surface area contributed by atoms with Crippen molar-refractivity contribution in [2.24, 2.45) is 5.10 Å². The van der Waals surface area contributed by atoms with Gasteiger partial charge in [0.25, 0.3) is 0 Å². The Morgan fingerprint density at radius 3 is 2.86 bits per heavy atom. The van der Waals surface area contributed by atoms with Crippen LogP contribution in [-0.2, 0) is 6.54 Å². The third-order valence-electron chi connectivity index (χ3n) is 2.09. The summed E-state index contributed by atoms with van der Waals surface area (Å²) >= 11 is 5.28. The summed E-state index contributed by atoms with van der Waals surface area (Å²) in [6.07, 6.45) is 1.86. The van der Waals surface area contributed by atoms with Crippen molar-refractivity contribution in [3.8, 4) is 0 Å². The molecule has 0 amide bonds. The fraction of sp³-hybridized carbons (Fsp3) is 0.429. The zero-order valence-electron chi connectivity index (χ0n) is 8.03. The van der Waals surface area contributed by atoms with Gasteiger partial charge in [-0.05, 0) is 6.92 Å². The number of rotatable bonds is 2. The maximum Gasteiger partial charge on any atom is 0.177 e. The molecule has 6 nitrogen and oxygen atoms in total. The average Bonchev–Trinajstić information content (AvgIpc) is 2.72. The summed E-state index contributed by atoms with van der Waals surface area (Å²) in [6, 6.07) is 0. The average molecular weight is 212 g/mol. The van der Waals surface area contributed by atoms with Crippen molar-refractivity contribution in [1.29, 1.82) is 0 Å². The number of hydrazone groups is 1. The third kappa shape index (κ3) is 1.30. The molecule has 14 heavy (non-hydrogen) atoms. The minimum atomic E-state index is 0.767. The van der Waals surface area contributed by atoms with Crippen LogP contribution in [0.3, 0.4) is 0 Å². The molecule has 0 radical (unpaired) electrons. The predicted molar refractivity (Wildman–Crippen MR) is 55.9 cm³/mol. The molecule has 1 aromatic rings. The normalized spacial score (nSPS) is 15.6. The van der Waals surface area contributed by atoms with Gasteiger partial charge in [0.05, 0.1) is 5.56 Å². The van der Waals surface area contributed by atoms with Gasteiger partial charge in [-0.25, -0.2) is 5.53 Å². The van der Waals surface area contributed by atoms with Gasteiger partial charge in [0.2, 0.25) is 0 Å². The molecule has 2 rings (SSSR count). The molecule has 0 aromatic carbocycles. The number of hydrogen-bond acceptors (Lipinski definition) is 5. The lowest BCUT2D eigenvalue weighted by Crippen LogP contribution is -2.37. The number of hydrogen-bond donors (Lipinski definition) is 3. The van der Waals surface area contributed by atoms with E-state index in [-0.39, 0.29) is 0 Å². The van der Waals surface area contributed by atoms with Gasteiger partial charge in [-0.2, -0.15) is 0 Å². The summed E-state index contributed by atoms with van der Waals surface area (Å²) in [5, 5.41) is 8.92. The van der Waals surface area contributed by atoms with E-state index < -0.39 is 0 Å². The molecule has 0 saturated heterocycles. The van der Waals surface area contributed by atoms with Crippen molar-refractivity contribution in [3.63, 3.8) is 0 Å². The maximum atomic E-state index is 5.28. The monoisotopic (exact) mass is 212 g/mol. The number of nitrogens with zero attached hydrogens (tertiary/aromatic N) is 3. The smallest absolute Gasteiger partial charge is 0.177 e. The first-order valence-electron chi connectivity index (χ1n) is 4.34. The van der Waals surface area contributed by atoms with Crippen LogP contribution in [0.1, 0.15) is 12.5 Å². The molecule has 3 N–H and O–H groups in total. The zero-order valence-corrected chi connectivity index (χ0v) is 8.85. The van der Waals surface area contributed by atoms with Gasteiger partial charge in [-0.15, -0.1) is 10.6 Å². The van der Waals surface area contributed by atoms with Crippen molar-refractivity contribution in [2.75, 3.05) is 7.05 Å². The molecular weight excluding hydrogens is 200 g/mol. The molecule has 7 heteroatoms. The fourth-order valence-electron chi connectivity index (χ4n) is 1.33. The SMILES string of the molecule is CCn1[nH]cc(C2=NNNN2C)c1=S. The van der Waals surface area contributed by atoms with Crippen LogP contribution in [0, 0.1) is 4.64 Å². The Morgan fingerprint density at radius 2 is 2.36 bits per heavy atom. The molecule has 0 fully saturated rings. The summed E-state index contributed by atoms with van der Waals surface area (Å²) in [7, 11) is 1.87. The van der Waals surface area contributed by atoms with Crippen LogP contribution < -0.4 is 11.1 Å². The van der Waals surface area contributed by atoms with E-state index in [0.29, 0.717) is 0 Å². The largest absolute Gasteiger partial charge is 0.304 e. The van der Waals surface area contributed by atoms with Crippen LogP contribution in [0.2, 0.25) is 0 Å². The predicted octanol–water partition coefficient (Wildman–Crippen LogP) is 0.182. The maximum absolute atomic E-state index is 5.28. The van der Waals surface area contributed by atoms with Gasteiger partial charge in [-0.3, -0.25) is 9.69 Å². The van der Waals surface area contributed by atoms with Gasteiger partial charge in [0.15, 0.2) is 5.84 Å². The summed E-state index contributed by atoms with van der Waals surface area (Å²) in [4.78, 5) is 0. The van der Waals surface area contributed by atoms with Gasteiger partial charge in [0.1, 0.15) is 4.64 Å². The molecule has 0 saturated carbocycles. The standard InChI is InChI=1S/C7H12N6S/c1-3-13-7(14)5(4-8-13)6-9-10-11-12(6)2/h4,8,10-11H,3H2,1-2H3. The van der Waals surface area contributed by atoms with Crippen LogP contribution >= 0.6 is 12.2 Å². The number of aromatic nitrogens is 2. The van der Waals surface area contributed by atoms with E-state index in [1.807, 2.05) is 24.9 Å². The van der Waals surface area contributed by atoms with Crippen LogP contribution in [-0.4, -0.2) is 27.7 Å². The second kappa shape index (κ2) is 3.43. The van der Waals surface area contributed by atoms with E-state index in [1.54, 1.807) is 5.01 Å². The first-order valence-corrected chi connectivity index (χ1v) is 4.75. The highest BCUT2D eigenvalue weighted by Gasteiger charge is 2.17. The number of aromatic amines is 1. The molecule has 0 unspecified atom stereocenters. The summed E-state index contributed by atoms with van der Waals surface area (Å²) in [5.41, 5.74) is 6.42. The number of hydrazine groups is 2. The molecule has 1 aliphatic heterocycles.